The molecule has 0 fully saturated rings. The number of nitrogens with zero attached hydrogens (tertiary/aromatic N) is 2. The van der Waals surface area contributed by atoms with E-state index in [9.17, 15) is 9.50 Å². The van der Waals surface area contributed by atoms with Crippen LogP contribution in [-0.2, 0) is 18.9 Å². The Kier molecular flexibility index (Phi) is 4.52. The molecule has 1 aromatic heterocycles. The summed E-state index contributed by atoms with van der Waals surface area (Å²) in [6.45, 7) is 0.00368. The normalized spacial score (nSPS) is 14.2. The summed E-state index contributed by atoms with van der Waals surface area (Å²) in [7, 11) is 1.91. The van der Waals surface area contributed by atoms with E-state index in [1.807, 2.05) is 17.8 Å². The molecule has 0 radical (unpaired) electrons. The maximum absolute atomic E-state index is 14.0. The number of rotatable bonds is 6. The van der Waals surface area contributed by atoms with Crippen LogP contribution < -0.4 is 5.73 Å². The molecule has 3 N–H and O–H groups in total. The average molecular weight is 277 g/mol. The Morgan fingerprint density at radius 1 is 1.40 bits per heavy atom. The van der Waals surface area contributed by atoms with E-state index in [4.69, 9.17) is 5.73 Å². The van der Waals surface area contributed by atoms with Crippen molar-refractivity contribution in [2.75, 3.05) is 13.2 Å². The molecule has 1 atom stereocenters. The van der Waals surface area contributed by atoms with Crippen LogP contribution in [0.2, 0.25) is 0 Å². The van der Waals surface area contributed by atoms with E-state index in [1.54, 1.807) is 24.4 Å². The molecule has 108 valence electrons. The fraction of sp³-hybridized carbons (Fsp3) is 0.400. The first kappa shape index (κ1) is 14.7. The van der Waals surface area contributed by atoms with Crippen molar-refractivity contribution in [3.05, 3.63) is 53.9 Å². The first-order valence-corrected chi connectivity index (χ1v) is 6.65. The van der Waals surface area contributed by atoms with Gasteiger partial charge in [0.05, 0.1) is 6.61 Å². The van der Waals surface area contributed by atoms with Crippen LogP contribution in [-0.4, -0.2) is 27.8 Å². The molecule has 2 rings (SSSR count). The number of hydrogen-bond acceptors (Lipinski definition) is 3. The van der Waals surface area contributed by atoms with Crippen molar-refractivity contribution in [3.8, 4) is 0 Å². The van der Waals surface area contributed by atoms with Crippen molar-refractivity contribution in [1.82, 2.24) is 9.55 Å². The second-order valence-corrected chi connectivity index (χ2v) is 5.08. The van der Waals surface area contributed by atoms with Gasteiger partial charge in [-0.3, -0.25) is 0 Å². The first-order chi connectivity index (χ1) is 9.63. The Morgan fingerprint density at radius 3 is 2.70 bits per heavy atom. The topological polar surface area (TPSA) is 64.1 Å². The molecule has 1 heterocycles. The summed E-state index contributed by atoms with van der Waals surface area (Å²) in [5.41, 5.74) is 5.55. The van der Waals surface area contributed by atoms with Gasteiger partial charge in [0.1, 0.15) is 11.6 Å². The van der Waals surface area contributed by atoms with Crippen molar-refractivity contribution in [2.24, 2.45) is 12.8 Å². The van der Waals surface area contributed by atoms with Crippen LogP contribution in [0.15, 0.2) is 36.7 Å². The lowest BCUT2D eigenvalue weighted by Gasteiger charge is -2.31. The number of imidazole rings is 1. The van der Waals surface area contributed by atoms with Gasteiger partial charge in [-0.25, -0.2) is 9.37 Å². The Balaban J connectivity index is 2.26. The lowest BCUT2D eigenvalue weighted by Crippen LogP contribution is -2.40. The zero-order chi connectivity index (χ0) is 14.6. The zero-order valence-corrected chi connectivity index (χ0v) is 11.6. The van der Waals surface area contributed by atoms with Gasteiger partial charge in [0.2, 0.25) is 0 Å². The van der Waals surface area contributed by atoms with E-state index in [-0.39, 0.29) is 19.0 Å². The van der Waals surface area contributed by atoms with Crippen molar-refractivity contribution in [3.63, 3.8) is 0 Å². The summed E-state index contributed by atoms with van der Waals surface area (Å²) in [6, 6.07) is 6.49. The smallest absolute Gasteiger partial charge is 0.127 e. The molecule has 20 heavy (non-hydrogen) atoms. The summed E-state index contributed by atoms with van der Waals surface area (Å²) < 4.78 is 15.9. The van der Waals surface area contributed by atoms with Crippen LogP contribution in [0.3, 0.4) is 0 Å². The van der Waals surface area contributed by atoms with Gasteiger partial charge in [-0.05, 0) is 18.1 Å². The highest BCUT2D eigenvalue weighted by Gasteiger charge is 2.32. The molecular formula is C15H20FN3O. The van der Waals surface area contributed by atoms with E-state index < -0.39 is 5.41 Å². The third-order valence-corrected chi connectivity index (χ3v) is 3.89. The number of halogens is 1. The van der Waals surface area contributed by atoms with E-state index in [0.717, 1.165) is 5.82 Å². The Morgan fingerprint density at radius 2 is 2.15 bits per heavy atom. The van der Waals surface area contributed by atoms with Gasteiger partial charge in [-0.15, -0.1) is 0 Å². The van der Waals surface area contributed by atoms with Gasteiger partial charge < -0.3 is 15.4 Å². The molecule has 0 amide bonds. The molecule has 2 aromatic rings. The van der Waals surface area contributed by atoms with Gasteiger partial charge >= 0.3 is 0 Å². The molecule has 0 bridgehead atoms. The summed E-state index contributed by atoms with van der Waals surface area (Å²) in [6.07, 6.45) is 4.77. The third kappa shape index (κ3) is 2.73. The largest absolute Gasteiger partial charge is 0.395 e. The minimum atomic E-state index is -0.767. The fourth-order valence-corrected chi connectivity index (χ4v) is 2.46. The Bertz CT molecular complexity index is 564. The Labute approximate surface area is 118 Å². The number of aromatic nitrogens is 2. The average Bonchev–Trinajstić information content (AvgIpc) is 2.87. The fourth-order valence-electron chi connectivity index (χ4n) is 2.46. The molecule has 0 aliphatic rings. The summed E-state index contributed by atoms with van der Waals surface area (Å²) >= 11 is 0. The number of aryl methyl sites for hydroxylation is 2. The van der Waals surface area contributed by atoms with Crippen LogP contribution in [0, 0.1) is 5.82 Å². The van der Waals surface area contributed by atoms with E-state index in [0.29, 0.717) is 18.4 Å². The van der Waals surface area contributed by atoms with Crippen LogP contribution in [0.1, 0.15) is 17.8 Å². The van der Waals surface area contributed by atoms with Crippen LogP contribution in [0.4, 0.5) is 4.39 Å². The van der Waals surface area contributed by atoms with Crippen LogP contribution in [0.5, 0.6) is 0 Å². The van der Waals surface area contributed by atoms with E-state index >= 15 is 0 Å². The first-order valence-electron chi connectivity index (χ1n) is 6.65. The van der Waals surface area contributed by atoms with Gasteiger partial charge in [0.15, 0.2) is 0 Å². The highest BCUT2D eigenvalue weighted by molar-refractivity contribution is 5.28. The molecule has 1 unspecified atom stereocenters. The maximum Gasteiger partial charge on any atom is 0.127 e. The lowest BCUT2D eigenvalue weighted by molar-refractivity contribution is 0.183. The highest BCUT2D eigenvalue weighted by atomic mass is 19.1. The van der Waals surface area contributed by atoms with Crippen LogP contribution in [0.25, 0.3) is 0 Å². The number of aliphatic hydroxyl groups is 1. The zero-order valence-electron chi connectivity index (χ0n) is 11.6. The second kappa shape index (κ2) is 6.15. The van der Waals surface area contributed by atoms with Crippen molar-refractivity contribution < 1.29 is 9.50 Å². The van der Waals surface area contributed by atoms with Crippen molar-refractivity contribution in [2.45, 2.75) is 18.3 Å². The standard InChI is InChI=1S/C15H20FN3O/c1-19-9-8-18-14(19)6-7-15(10-17,11-20)12-4-2-3-5-13(12)16/h2-5,8-9,20H,6-7,10-11,17H2,1H3. The molecule has 0 saturated heterocycles. The SMILES string of the molecule is Cn1ccnc1CCC(CN)(CO)c1ccccc1F. The summed E-state index contributed by atoms with van der Waals surface area (Å²) in [5, 5.41) is 9.78. The van der Waals surface area contributed by atoms with Gasteiger partial charge in [0.25, 0.3) is 0 Å². The molecular weight excluding hydrogens is 257 g/mol. The molecule has 0 saturated carbocycles. The number of benzene rings is 1. The molecule has 4 nitrogen and oxygen atoms in total. The molecule has 0 spiro atoms. The lowest BCUT2D eigenvalue weighted by atomic mass is 9.77. The number of hydrogen-bond donors (Lipinski definition) is 2. The summed E-state index contributed by atoms with van der Waals surface area (Å²) in [4.78, 5) is 4.25. The minimum Gasteiger partial charge on any atom is -0.395 e. The predicted molar refractivity (Wildman–Crippen MR) is 75.7 cm³/mol. The van der Waals surface area contributed by atoms with E-state index in [1.165, 1.54) is 6.07 Å². The van der Waals surface area contributed by atoms with Gasteiger partial charge in [-0.2, -0.15) is 0 Å². The molecule has 0 aliphatic heterocycles. The van der Waals surface area contributed by atoms with Crippen molar-refractivity contribution in [1.29, 1.82) is 0 Å². The number of nitrogens with two attached hydrogens (primary N) is 1. The Hall–Kier alpha value is -1.72. The number of aliphatic hydroxyl groups excluding tert-OH is 1. The quantitative estimate of drug-likeness (QED) is 0.838. The van der Waals surface area contributed by atoms with Crippen LogP contribution >= 0.6 is 0 Å². The maximum atomic E-state index is 14.0. The summed E-state index contributed by atoms with van der Waals surface area (Å²) in [5.74, 6) is 0.569. The second-order valence-electron chi connectivity index (χ2n) is 5.08. The van der Waals surface area contributed by atoms with Gasteiger partial charge in [-0.1, -0.05) is 18.2 Å². The third-order valence-electron chi connectivity index (χ3n) is 3.89. The van der Waals surface area contributed by atoms with Crippen molar-refractivity contribution >= 4 is 0 Å². The predicted octanol–water partition coefficient (Wildman–Crippen LogP) is 1.38. The van der Waals surface area contributed by atoms with Gasteiger partial charge in [0, 0.05) is 37.8 Å². The molecule has 0 aliphatic carbocycles. The monoisotopic (exact) mass is 277 g/mol. The highest BCUT2D eigenvalue weighted by Crippen LogP contribution is 2.30. The minimum absolute atomic E-state index is 0.186. The molecule has 1 aromatic carbocycles. The molecule has 5 heteroatoms. The van der Waals surface area contributed by atoms with E-state index in [2.05, 4.69) is 4.98 Å².